The van der Waals surface area contributed by atoms with Crippen LogP contribution in [0.3, 0.4) is 0 Å². The number of rotatable bonds is 4. The zero-order valence-corrected chi connectivity index (χ0v) is 14.2. The van der Waals surface area contributed by atoms with Crippen LogP contribution in [0.1, 0.15) is 21.8 Å². The van der Waals surface area contributed by atoms with E-state index in [1.807, 2.05) is 30.3 Å². The van der Waals surface area contributed by atoms with Crippen LogP contribution in [0.15, 0.2) is 59.7 Å². The lowest BCUT2D eigenvalue weighted by atomic mass is 10.1. The topological polar surface area (TPSA) is 41.5 Å². The van der Waals surface area contributed by atoms with Crippen LogP contribution in [0.2, 0.25) is 5.02 Å². The van der Waals surface area contributed by atoms with Crippen LogP contribution in [-0.4, -0.2) is 16.5 Å². The lowest BCUT2D eigenvalue weighted by Crippen LogP contribution is -2.17. The average molecular weight is 368 g/mol. The molecule has 1 fully saturated rings. The molecular formula is C17H13Cl3N2O. The Labute approximate surface area is 149 Å². The molecule has 0 aromatic heterocycles. The fourth-order valence-corrected chi connectivity index (χ4v) is 3.45. The number of carbonyl (C=O) groups is 1. The van der Waals surface area contributed by atoms with Crippen molar-refractivity contribution < 1.29 is 4.79 Å². The number of alkyl halides is 2. The quantitative estimate of drug-likeness (QED) is 0.477. The van der Waals surface area contributed by atoms with Gasteiger partial charge in [0, 0.05) is 28.6 Å². The molecule has 2 aromatic rings. The SMILES string of the molecule is O=C(N/N=C\[C@H]1[C@@H](c2ccccc2)C1(Cl)Cl)c1cccc(Cl)c1. The van der Waals surface area contributed by atoms with Crippen molar-refractivity contribution in [2.24, 2.45) is 11.0 Å². The van der Waals surface area contributed by atoms with Crippen LogP contribution in [0.25, 0.3) is 0 Å². The van der Waals surface area contributed by atoms with Gasteiger partial charge in [-0.3, -0.25) is 4.79 Å². The molecule has 0 heterocycles. The summed E-state index contributed by atoms with van der Waals surface area (Å²) >= 11 is 18.5. The number of nitrogens with one attached hydrogen (secondary N) is 1. The van der Waals surface area contributed by atoms with Gasteiger partial charge in [-0.1, -0.05) is 48.0 Å². The summed E-state index contributed by atoms with van der Waals surface area (Å²) in [6, 6.07) is 16.4. The highest BCUT2D eigenvalue weighted by Crippen LogP contribution is 2.63. The molecule has 118 valence electrons. The van der Waals surface area contributed by atoms with Gasteiger partial charge in [0.05, 0.1) is 0 Å². The minimum Gasteiger partial charge on any atom is -0.267 e. The molecular weight excluding hydrogens is 355 g/mol. The molecule has 0 unspecified atom stereocenters. The largest absolute Gasteiger partial charge is 0.271 e. The Hall–Kier alpha value is -1.55. The van der Waals surface area contributed by atoms with Crippen molar-refractivity contribution in [1.82, 2.24) is 5.43 Å². The van der Waals surface area contributed by atoms with E-state index in [2.05, 4.69) is 10.5 Å². The number of hydrazone groups is 1. The number of carbonyl (C=O) groups excluding carboxylic acids is 1. The van der Waals surface area contributed by atoms with Crippen molar-refractivity contribution in [1.29, 1.82) is 0 Å². The summed E-state index contributed by atoms with van der Waals surface area (Å²) in [5.74, 6) is -0.512. The highest BCUT2D eigenvalue weighted by molar-refractivity contribution is 6.53. The third-order valence-corrected chi connectivity index (χ3v) is 4.97. The van der Waals surface area contributed by atoms with Crippen LogP contribution in [0.5, 0.6) is 0 Å². The number of hydrogen-bond donors (Lipinski definition) is 1. The fraction of sp³-hybridized carbons (Fsp3) is 0.176. The summed E-state index contributed by atoms with van der Waals surface area (Å²) < 4.78 is -0.897. The summed E-state index contributed by atoms with van der Waals surface area (Å²) in [5.41, 5.74) is 3.95. The maximum Gasteiger partial charge on any atom is 0.271 e. The van der Waals surface area contributed by atoms with Crippen molar-refractivity contribution in [3.05, 3.63) is 70.7 Å². The highest BCUT2D eigenvalue weighted by Gasteiger charge is 2.63. The maximum atomic E-state index is 12.0. The second-order valence-electron chi connectivity index (χ2n) is 5.32. The van der Waals surface area contributed by atoms with E-state index in [9.17, 15) is 4.79 Å². The van der Waals surface area contributed by atoms with Crippen molar-refractivity contribution in [2.75, 3.05) is 0 Å². The average Bonchev–Trinajstić information content (AvgIpc) is 3.09. The first-order valence-corrected chi connectivity index (χ1v) is 8.15. The molecule has 1 aliphatic rings. The number of benzene rings is 2. The molecule has 0 aliphatic heterocycles. The Bertz CT molecular complexity index is 747. The standard InChI is InChI=1S/C17H13Cl3N2O/c18-13-8-4-7-12(9-13)16(23)22-21-10-14-15(17(14,19)20)11-5-2-1-3-6-11/h1-10,14-15H,(H,22,23)/b21-10-/t14-,15+/m0/s1. The van der Waals surface area contributed by atoms with Gasteiger partial charge in [-0.05, 0) is 23.8 Å². The first-order chi connectivity index (χ1) is 11.0. The molecule has 23 heavy (non-hydrogen) atoms. The van der Waals surface area contributed by atoms with Crippen molar-refractivity contribution in [3.8, 4) is 0 Å². The molecule has 1 amide bonds. The predicted octanol–water partition coefficient (Wildman–Crippen LogP) is 4.64. The second-order valence-corrected chi connectivity index (χ2v) is 7.20. The van der Waals surface area contributed by atoms with Gasteiger partial charge in [-0.25, -0.2) is 5.43 Å². The molecule has 1 N–H and O–H groups in total. The molecule has 0 bridgehead atoms. The Morgan fingerprint density at radius 3 is 2.57 bits per heavy atom. The Morgan fingerprint density at radius 1 is 1.13 bits per heavy atom. The van der Waals surface area contributed by atoms with Crippen LogP contribution in [-0.2, 0) is 0 Å². The van der Waals surface area contributed by atoms with E-state index in [4.69, 9.17) is 34.8 Å². The fourth-order valence-electron chi connectivity index (χ4n) is 2.50. The summed E-state index contributed by atoms with van der Waals surface area (Å²) in [6.45, 7) is 0. The van der Waals surface area contributed by atoms with E-state index in [-0.39, 0.29) is 17.7 Å². The van der Waals surface area contributed by atoms with Gasteiger partial charge in [0.2, 0.25) is 0 Å². The highest BCUT2D eigenvalue weighted by atomic mass is 35.5. The molecule has 3 nitrogen and oxygen atoms in total. The first kappa shape index (κ1) is 16.3. The predicted molar refractivity (Wildman–Crippen MR) is 94.5 cm³/mol. The molecule has 2 atom stereocenters. The number of amides is 1. The Morgan fingerprint density at radius 2 is 1.87 bits per heavy atom. The van der Waals surface area contributed by atoms with Crippen LogP contribution < -0.4 is 5.43 Å². The number of nitrogens with zero attached hydrogens (tertiary/aromatic N) is 1. The van der Waals surface area contributed by atoms with Gasteiger partial charge in [0.15, 0.2) is 0 Å². The molecule has 0 radical (unpaired) electrons. The molecule has 0 saturated heterocycles. The van der Waals surface area contributed by atoms with Crippen LogP contribution >= 0.6 is 34.8 Å². The van der Waals surface area contributed by atoms with E-state index in [0.29, 0.717) is 10.6 Å². The zero-order chi connectivity index (χ0) is 16.4. The lowest BCUT2D eigenvalue weighted by Gasteiger charge is -1.99. The molecule has 2 aromatic carbocycles. The van der Waals surface area contributed by atoms with Crippen molar-refractivity contribution >= 4 is 46.9 Å². The second kappa shape index (κ2) is 6.52. The van der Waals surface area contributed by atoms with E-state index >= 15 is 0 Å². The van der Waals surface area contributed by atoms with E-state index < -0.39 is 4.33 Å². The smallest absolute Gasteiger partial charge is 0.267 e. The van der Waals surface area contributed by atoms with Crippen LogP contribution in [0, 0.1) is 5.92 Å². The summed E-state index contributed by atoms with van der Waals surface area (Å²) in [5, 5.41) is 4.47. The molecule has 3 rings (SSSR count). The van der Waals surface area contributed by atoms with E-state index in [1.54, 1.807) is 30.5 Å². The maximum absolute atomic E-state index is 12.0. The van der Waals surface area contributed by atoms with Crippen LogP contribution in [0.4, 0.5) is 0 Å². The van der Waals surface area contributed by atoms with Crippen molar-refractivity contribution in [3.63, 3.8) is 0 Å². The zero-order valence-electron chi connectivity index (χ0n) is 11.9. The Balaban J connectivity index is 1.64. The summed E-state index contributed by atoms with van der Waals surface area (Å²) in [4.78, 5) is 12.0. The van der Waals surface area contributed by atoms with Gasteiger partial charge in [-0.2, -0.15) is 5.10 Å². The minimum absolute atomic E-state index is 0.0288. The molecule has 1 aliphatic carbocycles. The third kappa shape index (κ3) is 3.52. The number of halogens is 3. The van der Waals surface area contributed by atoms with Gasteiger partial charge >= 0.3 is 0 Å². The summed E-state index contributed by atoms with van der Waals surface area (Å²) in [7, 11) is 0. The molecule has 6 heteroatoms. The number of hydrogen-bond acceptors (Lipinski definition) is 2. The first-order valence-electron chi connectivity index (χ1n) is 7.02. The van der Waals surface area contributed by atoms with Gasteiger partial charge in [0.25, 0.3) is 5.91 Å². The molecule has 0 spiro atoms. The van der Waals surface area contributed by atoms with Gasteiger partial charge in [-0.15, -0.1) is 23.2 Å². The van der Waals surface area contributed by atoms with Gasteiger partial charge in [0.1, 0.15) is 4.33 Å². The minimum atomic E-state index is -0.897. The van der Waals surface area contributed by atoms with E-state index in [0.717, 1.165) is 5.56 Å². The Kier molecular flexibility index (Phi) is 4.62. The van der Waals surface area contributed by atoms with Crippen molar-refractivity contribution in [2.45, 2.75) is 10.3 Å². The monoisotopic (exact) mass is 366 g/mol. The van der Waals surface area contributed by atoms with E-state index in [1.165, 1.54) is 0 Å². The molecule has 1 saturated carbocycles. The summed E-state index contributed by atoms with van der Waals surface area (Å²) in [6.07, 6.45) is 1.58. The van der Waals surface area contributed by atoms with Gasteiger partial charge < -0.3 is 0 Å². The third-order valence-electron chi connectivity index (χ3n) is 3.76. The lowest BCUT2D eigenvalue weighted by molar-refractivity contribution is 0.0955. The normalized spacial score (nSPS) is 22.0.